The summed E-state index contributed by atoms with van der Waals surface area (Å²) in [6.45, 7) is 4.68. The van der Waals surface area contributed by atoms with E-state index in [1.54, 1.807) is 0 Å². The van der Waals surface area contributed by atoms with E-state index in [4.69, 9.17) is 17.3 Å². The standard InChI is InChI=1S/C11H29N5/c1-10(9-12)15-7-4-6-11(13)5-2-3-8-16-14/h10-11,15-16H,2-9,12-14H2,1H3. The summed E-state index contributed by atoms with van der Waals surface area (Å²) >= 11 is 0. The fourth-order valence-corrected chi connectivity index (χ4v) is 1.57. The molecular formula is C11H29N5. The maximum atomic E-state index is 6.00. The van der Waals surface area contributed by atoms with Crippen molar-refractivity contribution >= 4 is 0 Å². The molecule has 5 heteroatoms. The minimum atomic E-state index is 0.327. The Labute approximate surface area is 99.5 Å². The second-order valence-electron chi connectivity index (χ2n) is 4.44. The summed E-state index contributed by atoms with van der Waals surface area (Å²) in [4.78, 5) is 0. The molecule has 0 saturated carbocycles. The summed E-state index contributed by atoms with van der Waals surface area (Å²) < 4.78 is 0. The fraction of sp³-hybridized carbons (Fsp3) is 1.00. The molecule has 0 saturated heterocycles. The summed E-state index contributed by atoms with van der Waals surface area (Å²) in [5, 5.41) is 3.36. The largest absolute Gasteiger partial charge is 0.329 e. The lowest BCUT2D eigenvalue weighted by molar-refractivity contribution is 0.477. The van der Waals surface area contributed by atoms with Crippen molar-refractivity contribution in [3.8, 4) is 0 Å². The van der Waals surface area contributed by atoms with Crippen molar-refractivity contribution in [1.29, 1.82) is 0 Å². The van der Waals surface area contributed by atoms with E-state index in [-0.39, 0.29) is 0 Å². The first kappa shape index (κ1) is 15.8. The molecule has 0 heterocycles. The number of hydrogen-bond acceptors (Lipinski definition) is 5. The quantitative estimate of drug-likeness (QED) is 0.190. The van der Waals surface area contributed by atoms with Crippen molar-refractivity contribution in [2.24, 2.45) is 17.3 Å². The molecule has 0 rings (SSSR count). The van der Waals surface area contributed by atoms with Gasteiger partial charge in [0.05, 0.1) is 0 Å². The number of hydrogen-bond donors (Lipinski definition) is 5. The molecule has 5 nitrogen and oxygen atoms in total. The Morgan fingerprint density at radius 2 is 1.75 bits per heavy atom. The van der Waals surface area contributed by atoms with Crippen LogP contribution in [0.2, 0.25) is 0 Å². The highest BCUT2D eigenvalue weighted by molar-refractivity contribution is 4.65. The van der Waals surface area contributed by atoms with Crippen LogP contribution in [0.5, 0.6) is 0 Å². The molecule has 16 heavy (non-hydrogen) atoms. The predicted molar refractivity (Wildman–Crippen MR) is 69.8 cm³/mol. The SMILES string of the molecule is CC(CN)NCCCC(N)CCCCNN. The van der Waals surface area contributed by atoms with Gasteiger partial charge in [-0.3, -0.25) is 11.3 Å². The average Bonchev–Trinajstić information content (AvgIpc) is 2.30. The third-order valence-electron chi connectivity index (χ3n) is 2.74. The van der Waals surface area contributed by atoms with E-state index in [9.17, 15) is 0 Å². The lowest BCUT2D eigenvalue weighted by Crippen LogP contribution is -2.34. The van der Waals surface area contributed by atoms with Gasteiger partial charge in [-0.2, -0.15) is 0 Å². The first-order chi connectivity index (χ1) is 7.70. The zero-order valence-electron chi connectivity index (χ0n) is 10.5. The number of nitrogens with two attached hydrogens (primary N) is 3. The normalized spacial score (nSPS) is 15.0. The van der Waals surface area contributed by atoms with Gasteiger partial charge in [0.15, 0.2) is 0 Å². The number of nitrogens with one attached hydrogen (secondary N) is 2. The molecule has 0 aromatic rings. The van der Waals surface area contributed by atoms with Gasteiger partial charge in [-0.25, -0.2) is 0 Å². The monoisotopic (exact) mass is 231 g/mol. The van der Waals surface area contributed by atoms with Crippen LogP contribution in [0, 0.1) is 0 Å². The molecule has 0 aromatic carbocycles. The zero-order valence-corrected chi connectivity index (χ0v) is 10.5. The van der Waals surface area contributed by atoms with Crippen LogP contribution < -0.4 is 28.1 Å². The van der Waals surface area contributed by atoms with Gasteiger partial charge < -0.3 is 16.8 Å². The lowest BCUT2D eigenvalue weighted by atomic mass is 10.1. The first-order valence-corrected chi connectivity index (χ1v) is 6.33. The van der Waals surface area contributed by atoms with Gasteiger partial charge in [0, 0.05) is 25.2 Å². The lowest BCUT2D eigenvalue weighted by Gasteiger charge is -2.14. The highest BCUT2D eigenvalue weighted by Gasteiger charge is 2.02. The summed E-state index contributed by atoms with van der Waals surface area (Å²) in [5.74, 6) is 5.19. The van der Waals surface area contributed by atoms with E-state index < -0.39 is 0 Å². The van der Waals surface area contributed by atoms with Crippen LogP contribution in [-0.2, 0) is 0 Å². The summed E-state index contributed by atoms with van der Waals surface area (Å²) in [5.41, 5.74) is 14.2. The Morgan fingerprint density at radius 1 is 1.06 bits per heavy atom. The van der Waals surface area contributed by atoms with Crippen LogP contribution in [0.3, 0.4) is 0 Å². The van der Waals surface area contributed by atoms with Crippen molar-refractivity contribution in [1.82, 2.24) is 10.7 Å². The smallest absolute Gasteiger partial charge is 0.0161 e. The van der Waals surface area contributed by atoms with Gasteiger partial charge in [-0.1, -0.05) is 6.42 Å². The van der Waals surface area contributed by atoms with Gasteiger partial charge in [0.2, 0.25) is 0 Å². The molecule has 0 aliphatic rings. The van der Waals surface area contributed by atoms with Crippen molar-refractivity contribution in [3.63, 3.8) is 0 Å². The minimum Gasteiger partial charge on any atom is -0.329 e. The van der Waals surface area contributed by atoms with Crippen LogP contribution >= 0.6 is 0 Å². The number of hydrazine groups is 1. The average molecular weight is 231 g/mol. The third-order valence-corrected chi connectivity index (χ3v) is 2.74. The van der Waals surface area contributed by atoms with E-state index in [0.717, 1.165) is 45.2 Å². The molecule has 0 fully saturated rings. The molecule has 2 unspecified atom stereocenters. The first-order valence-electron chi connectivity index (χ1n) is 6.33. The fourth-order valence-electron chi connectivity index (χ4n) is 1.57. The second-order valence-corrected chi connectivity index (χ2v) is 4.44. The Bertz CT molecular complexity index is 142. The van der Waals surface area contributed by atoms with Crippen LogP contribution in [0.1, 0.15) is 39.0 Å². The molecule has 2 atom stereocenters. The molecule has 0 aliphatic carbocycles. The van der Waals surface area contributed by atoms with Gasteiger partial charge in [-0.15, -0.1) is 0 Å². The van der Waals surface area contributed by atoms with E-state index in [0.29, 0.717) is 18.6 Å². The Hall–Kier alpha value is -0.200. The minimum absolute atomic E-state index is 0.327. The van der Waals surface area contributed by atoms with E-state index >= 15 is 0 Å². The summed E-state index contributed by atoms with van der Waals surface area (Å²) in [7, 11) is 0. The maximum Gasteiger partial charge on any atom is 0.0161 e. The van der Waals surface area contributed by atoms with Crippen molar-refractivity contribution in [2.75, 3.05) is 19.6 Å². The molecule has 0 radical (unpaired) electrons. The maximum absolute atomic E-state index is 6.00. The van der Waals surface area contributed by atoms with E-state index in [2.05, 4.69) is 17.7 Å². The second kappa shape index (κ2) is 11.3. The van der Waals surface area contributed by atoms with E-state index in [1.807, 2.05) is 0 Å². The Morgan fingerprint density at radius 3 is 2.38 bits per heavy atom. The van der Waals surface area contributed by atoms with Gasteiger partial charge >= 0.3 is 0 Å². The predicted octanol–water partition coefficient (Wildman–Crippen LogP) is -0.336. The molecule has 0 aromatic heterocycles. The summed E-state index contributed by atoms with van der Waals surface area (Å²) in [6.07, 6.45) is 5.56. The third kappa shape index (κ3) is 10.3. The van der Waals surface area contributed by atoms with Crippen LogP contribution in [-0.4, -0.2) is 31.7 Å². The molecule has 0 aliphatic heterocycles. The molecular weight excluding hydrogens is 202 g/mol. The zero-order chi connectivity index (χ0) is 12.2. The van der Waals surface area contributed by atoms with Gasteiger partial charge in [-0.05, 0) is 39.2 Å². The van der Waals surface area contributed by atoms with E-state index in [1.165, 1.54) is 0 Å². The highest BCUT2D eigenvalue weighted by Crippen LogP contribution is 2.03. The van der Waals surface area contributed by atoms with Crippen LogP contribution in [0.25, 0.3) is 0 Å². The molecule has 98 valence electrons. The topological polar surface area (TPSA) is 102 Å². The molecule has 0 amide bonds. The number of rotatable bonds is 11. The van der Waals surface area contributed by atoms with Crippen molar-refractivity contribution < 1.29 is 0 Å². The Kier molecular flexibility index (Phi) is 11.1. The molecule has 0 spiro atoms. The Balaban J connectivity index is 3.20. The summed E-state index contributed by atoms with van der Waals surface area (Å²) in [6, 6.07) is 0.736. The van der Waals surface area contributed by atoms with Gasteiger partial charge in [0.25, 0.3) is 0 Å². The highest BCUT2D eigenvalue weighted by atomic mass is 15.2. The molecule has 8 N–H and O–H groups in total. The van der Waals surface area contributed by atoms with Crippen LogP contribution in [0.4, 0.5) is 0 Å². The van der Waals surface area contributed by atoms with Gasteiger partial charge in [0.1, 0.15) is 0 Å². The number of unbranched alkanes of at least 4 members (excludes halogenated alkanes) is 1. The van der Waals surface area contributed by atoms with Crippen LogP contribution in [0.15, 0.2) is 0 Å². The van der Waals surface area contributed by atoms with Crippen molar-refractivity contribution in [2.45, 2.75) is 51.1 Å². The van der Waals surface area contributed by atoms with Crippen molar-refractivity contribution in [3.05, 3.63) is 0 Å². The molecule has 0 bridgehead atoms.